The Hall–Kier alpha value is -1.30. The number of nitrogens with zero attached hydrogens (tertiary/aromatic N) is 1. The van der Waals surface area contributed by atoms with E-state index in [1.54, 1.807) is 23.5 Å². The van der Waals surface area contributed by atoms with Crippen molar-refractivity contribution < 1.29 is 9.50 Å². The number of benzene rings is 1. The summed E-state index contributed by atoms with van der Waals surface area (Å²) in [6.45, 7) is 2.20. The third-order valence-electron chi connectivity index (χ3n) is 4.20. The number of aliphatic hydroxyl groups excluding tert-OH is 1. The SMILES string of the molecule is CCC(CO)NC1CCCc2nc(-c3ccccc3F)sc21. The van der Waals surface area contributed by atoms with Gasteiger partial charge >= 0.3 is 0 Å². The molecule has 3 rings (SSSR count). The Bertz CT molecular complexity index is 639. The number of thiazole rings is 1. The number of aryl methyl sites for hydroxylation is 1. The number of nitrogens with one attached hydrogen (secondary N) is 1. The smallest absolute Gasteiger partial charge is 0.133 e. The highest BCUT2D eigenvalue weighted by molar-refractivity contribution is 7.15. The maximum absolute atomic E-state index is 14.0. The second kappa shape index (κ2) is 6.86. The Kier molecular flexibility index (Phi) is 4.86. The van der Waals surface area contributed by atoms with Crippen LogP contribution in [0.4, 0.5) is 4.39 Å². The van der Waals surface area contributed by atoms with Gasteiger partial charge in [0.1, 0.15) is 10.8 Å². The van der Waals surface area contributed by atoms with Crippen LogP contribution in [0.1, 0.15) is 42.8 Å². The van der Waals surface area contributed by atoms with Crippen LogP contribution in [0.5, 0.6) is 0 Å². The third kappa shape index (κ3) is 3.07. The molecule has 2 N–H and O–H groups in total. The fourth-order valence-electron chi connectivity index (χ4n) is 2.91. The van der Waals surface area contributed by atoms with E-state index in [2.05, 4.69) is 17.2 Å². The molecular formula is C17H21FN2OS. The summed E-state index contributed by atoms with van der Waals surface area (Å²) in [5.41, 5.74) is 1.66. The molecule has 1 heterocycles. The number of fused-ring (bicyclic) bond motifs is 1. The van der Waals surface area contributed by atoms with E-state index in [9.17, 15) is 9.50 Å². The summed E-state index contributed by atoms with van der Waals surface area (Å²) in [5.74, 6) is -0.222. The number of hydrogen-bond donors (Lipinski definition) is 2. The van der Waals surface area contributed by atoms with Crippen LogP contribution in [0.2, 0.25) is 0 Å². The summed E-state index contributed by atoms with van der Waals surface area (Å²) in [6, 6.07) is 7.13. The summed E-state index contributed by atoms with van der Waals surface area (Å²) in [7, 11) is 0. The van der Waals surface area contributed by atoms with Crippen LogP contribution in [0.3, 0.4) is 0 Å². The fraction of sp³-hybridized carbons (Fsp3) is 0.471. The lowest BCUT2D eigenvalue weighted by atomic mass is 9.97. The van der Waals surface area contributed by atoms with Crippen molar-refractivity contribution in [3.63, 3.8) is 0 Å². The zero-order chi connectivity index (χ0) is 15.5. The number of aliphatic hydroxyl groups is 1. The van der Waals surface area contributed by atoms with Gasteiger partial charge in [-0.3, -0.25) is 0 Å². The van der Waals surface area contributed by atoms with Crippen LogP contribution in [-0.4, -0.2) is 22.7 Å². The number of hydrogen-bond acceptors (Lipinski definition) is 4. The standard InChI is InChI=1S/C17H21FN2OS/c1-2-11(10-21)19-14-8-5-9-15-16(14)22-17(20-15)12-6-3-4-7-13(12)18/h3-4,6-7,11,14,19,21H,2,5,8-10H2,1H3. The Morgan fingerprint density at radius 1 is 1.45 bits per heavy atom. The van der Waals surface area contributed by atoms with E-state index in [-0.39, 0.29) is 24.5 Å². The molecule has 1 aromatic carbocycles. The lowest BCUT2D eigenvalue weighted by Gasteiger charge is -2.26. The van der Waals surface area contributed by atoms with Crippen molar-refractivity contribution in [2.45, 2.75) is 44.7 Å². The van der Waals surface area contributed by atoms with Crippen LogP contribution in [0, 0.1) is 5.82 Å². The summed E-state index contributed by atoms with van der Waals surface area (Å²) in [5, 5.41) is 13.7. The average molecular weight is 320 g/mol. The molecule has 3 nitrogen and oxygen atoms in total. The zero-order valence-corrected chi connectivity index (χ0v) is 13.5. The second-order valence-electron chi connectivity index (χ2n) is 5.71. The molecule has 22 heavy (non-hydrogen) atoms. The van der Waals surface area contributed by atoms with Gasteiger partial charge in [-0.05, 0) is 37.8 Å². The molecule has 0 fully saturated rings. The third-order valence-corrected chi connectivity index (χ3v) is 5.45. The number of rotatable bonds is 5. The maximum atomic E-state index is 14.0. The summed E-state index contributed by atoms with van der Waals surface area (Å²) in [6.07, 6.45) is 3.96. The van der Waals surface area contributed by atoms with Gasteiger partial charge in [0.15, 0.2) is 0 Å². The van der Waals surface area contributed by atoms with Crippen LogP contribution in [0.25, 0.3) is 10.6 Å². The van der Waals surface area contributed by atoms with Crippen molar-refractivity contribution in [2.75, 3.05) is 6.61 Å². The molecule has 0 spiro atoms. The van der Waals surface area contributed by atoms with E-state index in [1.807, 2.05) is 6.07 Å². The van der Waals surface area contributed by atoms with E-state index in [0.29, 0.717) is 5.56 Å². The van der Waals surface area contributed by atoms with Gasteiger partial charge in [-0.15, -0.1) is 11.3 Å². The Balaban J connectivity index is 1.90. The van der Waals surface area contributed by atoms with Gasteiger partial charge in [-0.25, -0.2) is 9.37 Å². The fourth-order valence-corrected chi connectivity index (χ4v) is 4.15. The van der Waals surface area contributed by atoms with Crippen molar-refractivity contribution in [3.05, 3.63) is 40.7 Å². The topological polar surface area (TPSA) is 45.1 Å². The lowest BCUT2D eigenvalue weighted by Crippen LogP contribution is -2.36. The largest absolute Gasteiger partial charge is 0.395 e. The van der Waals surface area contributed by atoms with E-state index in [1.165, 1.54) is 10.9 Å². The zero-order valence-electron chi connectivity index (χ0n) is 12.7. The number of halogens is 1. The molecule has 0 bridgehead atoms. The molecule has 2 unspecified atom stereocenters. The van der Waals surface area contributed by atoms with Crippen molar-refractivity contribution in [3.8, 4) is 10.6 Å². The summed E-state index contributed by atoms with van der Waals surface area (Å²) >= 11 is 1.58. The molecule has 0 amide bonds. The Morgan fingerprint density at radius 3 is 3.00 bits per heavy atom. The molecule has 2 atom stereocenters. The summed E-state index contributed by atoms with van der Waals surface area (Å²) < 4.78 is 14.0. The summed E-state index contributed by atoms with van der Waals surface area (Å²) in [4.78, 5) is 5.87. The molecule has 1 aliphatic carbocycles. The van der Waals surface area contributed by atoms with Crippen LogP contribution >= 0.6 is 11.3 Å². The molecule has 118 valence electrons. The van der Waals surface area contributed by atoms with Gasteiger partial charge in [0, 0.05) is 22.5 Å². The van der Waals surface area contributed by atoms with E-state index >= 15 is 0 Å². The molecule has 2 aromatic rings. The molecule has 1 aromatic heterocycles. The van der Waals surface area contributed by atoms with Gasteiger partial charge in [0.05, 0.1) is 12.3 Å². The maximum Gasteiger partial charge on any atom is 0.133 e. The van der Waals surface area contributed by atoms with Crippen molar-refractivity contribution >= 4 is 11.3 Å². The van der Waals surface area contributed by atoms with Crippen molar-refractivity contribution in [1.29, 1.82) is 0 Å². The minimum absolute atomic E-state index is 0.106. The molecule has 0 saturated carbocycles. The highest BCUT2D eigenvalue weighted by Gasteiger charge is 2.26. The van der Waals surface area contributed by atoms with Crippen molar-refractivity contribution in [2.24, 2.45) is 0 Å². The van der Waals surface area contributed by atoms with Gasteiger partial charge in [0.2, 0.25) is 0 Å². The van der Waals surface area contributed by atoms with Crippen LogP contribution in [-0.2, 0) is 6.42 Å². The minimum Gasteiger partial charge on any atom is -0.395 e. The monoisotopic (exact) mass is 320 g/mol. The highest BCUT2D eigenvalue weighted by Crippen LogP contribution is 2.38. The first-order valence-corrected chi connectivity index (χ1v) is 8.66. The lowest BCUT2D eigenvalue weighted by molar-refractivity contribution is 0.224. The van der Waals surface area contributed by atoms with E-state index < -0.39 is 0 Å². The molecule has 0 radical (unpaired) electrons. The molecular weight excluding hydrogens is 299 g/mol. The van der Waals surface area contributed by atoms with Crippen molar-refractivity contribution in [1.82, 2.24) is 10.3 Å². The molecule has 0 saturated heterocycles. The highest BCUT2D eigenvalue weighted by atomic mass is 32.1. The van der Waals surface area contributed by atoms with Gasteiger partial charge in [0.25, 0.3) is 0 Å². The Labute approximate surface area is 134 Å². The first-order valence-electron chi connectivity index (χ1n) is 7.84. The Morgan fingerprint density at radius 2 is 2.27 bits per heavy atom. The van der Waals surface area contributed by atoms with Crippen LogP contribution < -0.4 is 5.32 Å². The average Bonchev–Trinajstić information content (AvgIpc) is 2.97. The number of aromatic nitrogens is 1. The molecule has 0 aliphatic heterocycles. The van der Waals surface area contributed by atoms with Crippen LogP contribution in [0.15, 0.2) is 24.3 Å². The first-order chi connectivity index (χ1) is 10.7. The van der Waals surface area contributed by atoms with E-state index in [4.69, 9.17) is 0 Å². The normalized spacial score (nSPS) is 19.0. The van der Waals surface area contributed by atoms with E-state index in [0.717, 1.165) is 36.4 Å². The second-order valence-corrected chi connectivity index (χ2v) is 6.74. The quantitative estimate of drug-likeness (QED) is 0.883. The van der Waals surface area contributed by atoms with Gasteiger partial charge in [-0.2, -0.15) is 0 Å². The van der Waals surface area contributed by atoms with Gasteiger partial charge in [-0.1, -0.05) is 19.1 Å². The molecule has 5 heteroatoms. The predicted molar refractivity (Wildman–Crippen MR) is 87.5 cm³/mol. The van der Waals surface area contributed by atoms with Gasteiger partial charge < -0.3 is 10.4 Å². The minimum atomic E-state index is -0.222. The molecule has 1 aliphatic rings. The first kappa shape index (κ1) is 15.6. The predicted octanol–water partition coefficient (Wildman–Crippen LogP) is 3.69.